The third kappa shape index (κ3) is 6.88. The predicted molar refractivity (Wildman–Crippen MR) is 146 cm³/mol. The van der Waals surface area contributed by atoms with Crippen molar-refractivity contribution in [2.75, 3.05) is 12.3 Å². The Kier molecular flexibility index (Phi) is 9.07. The van der Waals surface area contributed by atoms with Crippen LogP contribution < -0.4 is 21.0 Å². The SMILES string of the molecule is CC(C)OC(=O)C(C)NP(=S)(OCC1OC(n2cc(F)c(N)nc2=O)C(F)(F)C1O)Oc1ccc2ccccc2c1. The molecule has 11 nitrogen and oxygen atoms in total. The maximum Gasteiger partial charge on any atom is 0.352 e. The van der Waals surface area contributed by atoms with Gasteiger partial charge in [0.1, 0.15) is 17.9 Å². The standard InChI is InChI=1S/C25H28F3N4O7PS/c1-13(2)37-22(34)14(3)31-40(41,39-17-9-8-15-6-4-5-7-16(15)10-17)36-12-19-20(33)25(27,28)23(38-19)32-11-18(26)21(29)30-24(32)35/h4-11,13-14,19-20,23,33H,12H2,1-3H3,(H,31,41)(H2,29,30,35). The van der Waals surface area contributed by atoms with Crippen molar-refractivity contribution >= 4 is 41.0 Å². The summed E-state index contributed by atoms with van der Waals surface area (Å²) in [4.78, 5) is 27.8. The molecule has 5 unspecified atom stereocenters. The first kappa shape index (κ1) is 30.9. The second-order valence-electron chi connectivity index (χ2n) is 9.54. The number of alkyl halides is 2. The molecule has 0 saturated carbocycles. The molecule has 2 aromatic carbocycles. The number of ether oxygens (including phenoxy) is 2. The van der Waals surface area contributed by atoms with Gasteiger partial charge in [0, 0.05) is 0 Å². The Labute approximate surface area is 237 Å². The Morgan fingerprint density at radius 2 is 1.95 bits per heavy atom. The average Bonchev–Trinajstić information content (AvgIpc) is 3.12. The van der Waals surface area contributed by atoms with Crippen LogP contribution in [0.15, 0.2) is 53.5 Å². The zero-order chi connectivity index (χ0) is 30.1. The number of rotatable bonds is 10. The van der Waals surface area contributed by atoms with Gasteiger partial charge in [-0.3, -0.25) is 9.36 Å². The highest BCUT2D eigenvalue weighted by molar-refractivity contribution is 8.09. The first-order chi connectivity index (χ1) is 19.2. The number of nitrogens with two attached hydrogens (primary N) is 1. The molecule has 1 aliphatic heterocycles. The number of aromatic nitrogens is 2. The van der Waals surface area contributed by atoms with Crippen molar-refractivity contribution in [1.82, 2.24) is 14.6 Å². The van der Waals surface area contributed by atoms with E-state index < -0.39 is 73.0 Å². The molecule has 3 aromatic rings. The van der Waals surface area contributed by atoms with Crippen LogP contribution in [0.3, 0.4) is 0 Å². The van der Waals surface area contributed by atoms with E-state index >= 15 is 8.78 Å². The van der Waals surface area contributed by atoms with Gasteiger partial charge in [-0.2, -0.15) is 13.8 Å². The molecular weight excluding hydrogens is 588 g/mol. The largest absolute Gasteiger partial charge is 0.462 e. The summed E-state index contributed by atoms with van der Waals surface area (Å²) >= 11 is 5.62. The van der Waals surface area contributed by atoms with Crippen LogP contribution in [0.5, 0.6) is 5.75 Å². The van der Waals surface area contributed by atoms with Gasteiger partial charge in [-0.05, 0) is 55.5 Å². The summed E-state index contributed by atoms with van der Waals surface area (Å²) in [5.41, 5.74) is 3.91. The fraction of sp³-hybridized carbons (Fsp3) is 0.400. The molecule has 41 heavy (non-hydrogen) atoms. The number of hydrogen-bond donors (Lipinski definition) is 3. The van der Waals surface area contributed by atoms with Crippen molar-refractivity contribution in [2.45, 2.75) is 57.3 Å². The molecule has 1 aromatic heterocycles. The lowest BCUT2D eigenvalue weighted by atomic mass is 10.1. The van der Waals surface area contributed by atoms with Gasteiger partial charge < -0.3 is 29.4 Å². The van der Waals surface area contributed by atoms with E-state index in [1.54, 1.807) is 32.0 Å². The monoisotopic (exact) mass is 616 g/mol. The number of aliphatic hydroxyl groups excluding tert-OH is 1. The van der Waals surface area contributed by atoms with Crippen molar-refractivity contribution in [2.24, 2.45) is 0 Å². The topological polar surface area (TPSA) is 147 Å². The molecule has 1 fully saturated rings. The Morgan fingerprint density at radius 1 is 1.27 bits per heavy atom. The highest BCUT2D eigenvalue weighted by Gasteiger charge is 2.60. The minimum atomic E-state index is -4.06. The van der Waals surface area contributed by atoms with Crippen LogP contribution in [-0.4, -0.2) is 57.5 Å². The van der Waals surface area contributed by atoms with Crippen LogP contribution in [0.25, 0.3) is 10.8 Å². The quantitative estimate of drug-likeness (QED) is 0.228. The first-order valence-corrected chi connectivity index (χ1v) is 15.0. The van der Waals surface area contributed by atoms with E-state index in [4.69, 9.17) is 36.1 Å². The Bertz CT molecular complexity index is 1540. The molecular formula is C25H28F3N4O7PS. The zero-order valence-corrected chi connectivity index (χ0v) is 23.8. The number of benzene rings is 2. The maximum absolute atomic E-state index is 15.0. The summed E-state index contributed by atoms with van der Waals surface area (Å²) in [6.45, 7) is 0.302. The van der Waals surface area contributed by atoms with Crippen molar-refractivity contribution in [3.8, 4) is 5.75 Å². The highest BCUT2D eigenvalue weighted by Crippen LogP contribution is 2.48. The zero-order valence-electron chi connectivity index (χ0n) is 22.1. The first-order valence-electron chi connectivity index (χ1n) is 12.4. The number of anilines is 1. The minimum absolute atomic E-state index is 0.193. The van der Waals surface area contributed by atoms with Crippen LogP contribution in [-0.2, 0) is 30.6 Å². The van der Waals surface area contributed by atoms with Crippen molar-refractivity contribution in [1.29, 1.82) is 0 Å². The number of nitrogens with one attached hydrogen (secondary N) is 1. The van der Waals surface area contributed by atoms with Crippen LogP contribution in [0, 0.1) is 5.82 Å². The number of aliphatic hydroxyl groups is 1. The molecule has 222 valence electrons. The molecule has 0 aliphatic carbocycles. The predicted octanol–water partition coefficient (Wildman–Crippen LogP) is 3.26. The fourth-order valence-electron chi connectivity index (χ4n) is 3.98. The van der Waals surface area contributed by atoms with Crippen molar-refractivity contribution in [3.05, 3.63) is 65.0 Å². The van der Waals surface area contributed by atoms with Gasteiger partial charge in [-0.1, -0.05) is 30.3 Å². The van der Waals surface area contributed by atoms with Crippen molar-refractivity contribution < 1.29 is 41.6 Å². The van der Waals surface area contributed by atoms with E-state index in [-0.39, 0.29) is 10.3 Å². The number of nitrogen functional groups attached to an aromatic ring is 1. The number of halogens is 3. The number of fused-ring (bicyclic) bond motifs is 1. The number of nitrogens with zero attached hydrogens (tertiary/aromatic N) is 2. The summed E-state index contributed by atoms with van der Waals surface area (Å²) in [6, 6.07) is 11.4. The fourth-order valence-corrected chi connectivity index (χ4v) is 6.39. The summed E-state index contributed by atoms with van der Waals surface area (Å²) in [5.74, 6) is -6.48. The number of carbonyl (C=O) groups is 1. The van der Waals surface area contributed by atoms with Crippen LogP contribution >= 0.6 is 6.64 Å². The minimum Gasteiger partial charge on any atom is -0.462 e. The number of carbonyl (C=O) groups excluding carboxylic acids is 1. The summed E-state index contributed by atoms with van der Waals surface area (Å²) in [7, 11) is 0. The number of esters is 1. The molecule has 4 N–H and O–H groups in total. The third-order valence-electron chi connectivity index (χ3n) is 5.98. The molecule has 1 aliphatic rings. The van der Waals surface area contributed by atoms with Gasteiger partial charge in [-0.25, -0.2) is 14.3 Å². The molecule has 0 radical (unpaired) electrons. The molecule has 4 rings (SSSR count). The van der Waals surface area contributed by atoms with Gasteiger partial charge in [-0.15, -0.1) is 0 Å². The molecule has 0 amide bonds. The molecule has 16 heteroatoms. The smallest absolute Gasteiger partial charge is 0.352 e. The second-order valence-corrected chi connectivity index (χ2v) is 12.7. The summed E-state index contributed by atoms with van der Waals surface area (Å²) < 4.78 is 66.3. The molecule has 0 bridgehead atoms. The van der Waals surface area contributed by atoms with Gasteiger partial charge in [0.15, 0.2) is 17.7 Å². The molecule has 5 atom stereocenters. The van der Waals surface area contributed by atoms with Crippen LogP contribution in [0.2, 0.25) is 0 Å². The van der Waals surface area contributed by atoms with Gasteiger partial charge in [0.2, 0.25) is 6.23 Å². The Morgan fingerprint density at radius 3 is 2.63 bits per heavy atom. The maximum atomic E-state index is 15.0. The van der Waals surface area contributed by atoms with Gasteiger partial charge in [0.05, 0.1) is 18.9 Å². The van der Waals surface area contributed by atoms with Crippen LogP contribution in [0.1, 0.15) is 27.0 Å². The van der Waals surface area contributed by atoms with Crippen molar-refractivity contribution in [3.63, 3.8) is 0 Å². The van der Waals surface area contributed by atoms with E-state index in [1.807, 2.05) is 24.3 Å². The highest BCUT2D eigenvalue weighted by atomic mass is 32.5. The molecule has 2 heterocycles. The van der Waals surface area contributed by atoms with E-state index in [0.717, 1.165) is 10.8 Å². The summed E-state index contributed by atoms with van der Waals surface area (Å²) in [6.07, 6.45) is -6.68. The Hall–Kier alpha value is -3.07. The van der Waals surface area contributed by atoms with Crippen LogP contribution in [0.4, 0.5) is 19.0 Å². The van der Waals surface area contributed by atoms with E-state index in [2.05, 4.69) is 10.1 Å². The second kappa shape index (κ2) is 12.0. The lowest BCUT2D eigenvalue weighted by molar-refractivity contribution is -0.149. The number of hydrogen-bond acceptors (Lipinski definition) is 10. The van der Waals surface area contributed by atoms with Gasteiger partial charge >= 0.3 is 24.2 Å². The molecule has 0 spiro atoms. The average molecular weight is 617 g/mol. The van der Waals surface area contributed by atoms with E-state index in [0.29, 0.717) is 6.20 Å². The van der Waals surface area contributed by atoms with E-state index in [1.165, 1.54) is 6.92 Å². The summed E-state index contributed by atoms with van der Waals surface area (Å²) in [5, 5.41) is 14.9. The Balaban J connectivity index is 1.58. The van der Waals surface area contributed by atoms with E-state index in [9.17, 15) is 19.1 Å². The molecule has 1 saturated heterocycles. The lowest BCUT2D eigenvalue weighted by Crippen LogP contribution is -2.42. The lowest BCUT2D eigenvalue weighted by Gasteiger charge is -2.28. The third-order valence-corrected chi connectivity index (χ3v) is 8.48. The van der Waals surface area contributed by atoms with Gasteiger partial charge in [0.25, 0.3) is 0 Å². The normalized spacial score (nSPS) is 22.4.